The summed E-state index contributed by atoms with van der Waals surface area (Å²) in [6.45, 7) is 6.76. The van der Waals surface area contributed by atoms with E-state index in [1.807, 2.05) is 0 Å². The monoisotopic (exact) mass is 382 g/mol. The predicted molar refractivity (Wildman–Crippen MR) is 98.5 cm³/mol. The molecule has 0 aromatic carbocycles. The molecule has 0 radical (unpaired) electrons. The molecular formula is C16H22N4O5S. The molecule has 0 bridgehead atoms. The second kappa shape index (κ2) is 7.73. The number of ether oxygens (including phenoxy) is 1. The lowest BCUT2D eigenvalue weighted by atomic mass is 10.2. The SMILES string of the molecule is C[C@H](NC(=O)OC(C)(C)C)C(=O)NCCn1c(=O)[nH]c2ccsc2c1=O. The molecule has 0 spiro atoms. The van der Waals surface area contributed by atoms with Crippen LogP contribution in [0.1, 0.15) is 27.7 Å². The van der Waals surface area contributed by atoms with Crippen LogP contribution in [0.15, 0.2) is 21.0 Å². The van der Waals surface area contributed by atoms with E-state index in [4.69, 9.17) is 4.74 Å². The first-order chi connectivity index (χ1) is 12.1. The van der Waals surface area contributed by atoms with Gasteiger partial charge in [-0.05, 0) is 39.1 Å². The number of hydrogen-bond acceptors (Lipinski definition) is 6. The molecule has 0 saturated heterocycles. The van der Waals surface area contributed by atoms with Crippen molar-refractivity contribution in [2.75, 3.05) is 6.54 Å². The molecule has 2 aromatic rings. The van der Waals surface area contributed by atoms with Gasteiger partial charge in [-0.2, -0.15) is 0 Å². The van der Waals surface area contributed by atoms with E-state index in [1.54, 1.807) is 32.2 Å². The Hall–Kier alpha value is -2.62. The molecule has 0 aliphatic rings. The number of H-pyrrole nitrogens is 1. The maximum absolute atomic E-state index is 12.3. The maximum atomic E-state index is 12.3. The van der Waals surface area contributed by atoms with Gasteiger partial charge in [-0.3, -0.25) is 14.2 Å². The molecule has 0 fully saturated rings. The van der Waals surface area contributed by atoms with Crippen LogP contribution in [0.5, 0.6) is 0 Å². The lowest BCUT2D eigenvalue weighted by Crippen LogP contribution is -2.47. The summed E-state index contributed by atoms with van der Waals surface area (Å²) in [4.78, 5) is 50.5. The molecule has 2 aromatic heterocycles. The predicted octanol–water partition coefficient (Wildman–Crippen LogP) is 0.781. The molecule has 0 aliphatic carbocycles. The van der Waals surface area contributed by atoms with E-state index in [2.05, 4.69) is 15.6 Å². The van der Waals surface area contributed by atoms with E-state index in [-0.39, 0.29) is 13.1 Å². The zero-order chi connectivity index (χ0) is 19.5. The van der Waals surface area contributed by atoms with E-state index < -0.39 is 34.9 Å². The van der Waals surface area contributed by atoms with Gasteiger partial charge in [0, 0.05) is 13.1 Å². The van der Waals surface area contributed by atoms with Crippen molar-refractivity contribution in [3.63, 3.8) is 0 Å². The van der Waals surface area contributed by atoms with Crippen LogP contribution in [-0.4, -0.2) is 39.7 Å². The summed E-state index contributed by atoms with van der Waals surface area (Å²) >= 11 is 1.24. The summed E-state index contributed by atoms with van der Waals surface area (Å²) in [5.74, 6) is -0.447. The van der Waals surface area contributed by atoms with Gasteiger partial charge in [-0.15, -0.1) is 11.3 Å². The van der Waals surface area contributed by atoms with Gasteiger partial charge in [0.15, 0.2) is 0 Å². The van der Waals surface area contributed by atoms with Crippen LogP contribution in [-0.2, 0) is 16.1 Å². The number of amides is 2. The molecule has 9 nitrogen and oxygen atoms in total. The summed E-state index contributed by atoms with van der Waals surface area (Å²) in [5.41, 5.74) is -1.09. The van der Waals surface area contributed by atoms with Crippen molar-refractivity contribution in [3.05, 3.63) is 32.3 Å². The number of aromatic amines is 1. The average Bonchev–Trinajstić information content (AvgIpc) is 2.96. The van der Waals surface area contributed by atoms with Crippen molar-refractivity contribution in [3.8, 4) is 0 Å². The Kier molecular flexibility index (Phi) is 5.86. The van der Waals surface area contributed by atoms with Crippen LogP contribution in [0.2, 0.25) is 0 Å². The molecule has 0 unspecified atom stereocenters. The molecule has 10 heteroatoms. The first-order valence-electron chi connectivity index (χ1n) is 8.06. The fraction of sp³-hybridized carbons (Fsp3) is 0.500. The van der Waals surface area contributed by atoms with Crippen LogP contribution in [0, 0.1) is 0 Å². The molecule has 0 aliphatic heterocycles. The van der Waals surface area contributed by atoms with Gasteiger partial charge in [0.2, 0.25) is 5.91 Å². The first-order valence-corrected chi connectivity index (χ1v) is 8.94. The Morgan fingerprint density at radius 1 is 1.35 bits per heavy atom. The van der Waals surface area contributed by atoms with Crippen LogP contribution in [0.3, 0.4) is 0 Å². The van der Waals surface area contributed by atoms with Crippen molar-refractivity contribution in [1.82, 2.24) is 20.2 Å². The number of aromatic nitrogens is 2. The normalized spacial score (nSPS) is 12.6. The number of fused-ring (bicyclic) bond motifs is 1. The van der Waals surface area contributed by atoms with Crippen molar-refractivity contribution in [2.24, 2.45) is 0 Å². The standard InChI is InChI=1S/C16H22N4O5S/c1-9(18-15(24)25-16(2,3)4)12(21)17-6-7-20-13(22)11-10(5-8-26-11)19-14(20)23/h5,8-9H,6-7H2,1-4H3,(H,17,21)(H,18,24)(H,19,23)/t9-/m0/s1. The summed E-state index contributed by atoms with van der Waals surface area (Å²) in [6, 6.07) is 0.846. The molecule has 142 valence electrons. The quantitative estimate of drug-likeness (QED) is 0.705. The Labute approximate surface area is 153 Å². The van der Waals surface area contributed by atoms with E-state index in [0.29, 0.717) is 10.2 Å². The van der Waals surface area contributed by atoms with Gasteiger partial charge in [-0.1, -0.05) is 0 Å². The number of thiophene rings is 1. The van der Waals surface area contributed by atoms with Crippen molar-refractivity contribution in [1.29, 1.82) is 0 Å². The fourth-order valence-corrected chi connectivity index (χ4v) is 2.97. The summed E-state index contributed by atoms with van der Waals surface area (Å²) in [7, 11) is 0. The third kappa shape index (κ3) is 4.94. The minimum Gasteiger partial charge on any atom is -0.444 e. The number of hydrogen-bond donors (Lipinski definition) is 3. The minimum atomic E-state index is -0.820. The number of nitrogens with one attached hydrogen (secondary N) is 3. The second-order valence-electron chi connectivity index (χ2n) is 6.71. The molecule has 0 saturated carbocycles. The Morgan fingerprint density at radius 2 is 2.04 bits per heavy atom. The van der Waals surface area contributed by atoms with Crippen LogP contribution in [0.4, 0.5) is 4.79 Å². The largest absolute Gasteiger partial charge is 0.444 e. The highest BCUT2D eigenvalue weighted by Crippen LogP contribution is 2.11. The van der Waals surface area contributed by atoms with E-state index in [9.17, 15) is 19.2 Å². The van der Waals surface area contributed by atoms with Crippen LogP contribution < -0.4 is 21.9 Å². The number of carbonyl (C=O) groups is 2. The molecule has 2 amide bonds. The van der Waals surface area contributed by atoms with E-state index >= 15 is 0 Å². The number of rotatable bonds is 5. The van der Waals surface area contributed by atoms with Crippen LogP contribution >= 0.6 is 11.3 Å². The highest BCUT2D eigenvalue weighted by Gasteiger charge is 2.20. The highest BCUT2D eigenvalue weighted by molar-refractivity contribution is 7.17. The lowest BCUT2D eigenvalue weighted by Gasteiger charge is -2.21. The van der Waals surface area contributed by atoms with Crippen molar-refractivity contribution < 1.29 is 14.3 Å². The fourth-order valence-electron chi connectivity index (χ4n) is 2.17. The zero-order valence-corrected chi connectivity index (χ0v) is 15.9. The maximum Gasteiger partial charge on any atom is 0.408 e. The van der Waals surface area contributed by atoms with Crippen molar-refractivity contribution in [2.45, 2.75) is 45.9 Å². The molecule has 1 atom stereocenters. The first kappa shape index (κ1) is 19.7. The topological polar surface area (TPSA) is 122 Å². The summed E-state index contributed by atoms with van der Waals surface area (Å²) < 4.78 is 6.56. The number of alkyl carbamates (subject to hydrolysis) is 1. The van der Waals surface area contributed by atoms with E-state index in [0.717, 1.165) is 4.57 Å². The smallest absolute Gasteiger partial charge is 0.408 e. The highest BCUT2D eigenvalue weighted by atomic mass is 32.1. The van der Waals surface area contributed by atoms with Gasteiger partial charge in [0.25, 0.3) is 5.56 Å². The zero-order valence-electron chi connectivity index (χ0n) is 15.0. The average molecular weight is 382 g/mol. The second-order valence-corrected chi connectivity index (χ2v) is 7.63. The van der Waals surface area contributed by atoms with E-state index in [1.165, 1.54) is 18.3 Å². The Morgan fingerprint density at radius 3 is 2.69 bits per heavy atom. The van der Waals surface area contributed by atoms with Crippen LogP contribution in [0.25, 0.3) is 10.2 Å². The molecule has 2 heterocycles. The summed E-state index contributed by atoms with van der Waals surface area (Å²) in [6.07, 6.45) is -0.698. The van der Waals surface area contributed by atoms with Gasteiger partial charge in [-0.25, -0.2) is 9.59 Å². The Bertz CT molecular complexity index is 921. The molecule has 3 N–H and O–H groups in total. The third-order valence-corrected chi connectivity index (χ3v) is 4.25. The third-order valence-electron chi connectivity index (χ3n) is 3.35. The molecule has 2 rings (SSSR count). The minimum absolute atomic E-state index is 0.0207. The van der Waals surface area contributed by atoms with Crippen molar-refractivity contribution >= 4 is 33.6 Å². The van der Waals surface area contributed by atoms with Gasteiger partial charge < -0.3 is 20.4 Å². The number of carbonyl (C=O) groups excluding carboxylic acids is 2. The lowest BCUT2D eigenvalue weighted by molar-refractivity contribution is -0.122. The van der Waals surface area contributed by atoms with Gasteiger partial charge in [0.1, 0.15) is 16.3 Å². The molecule has 26 heavy (non-hydrogen) atoms. The van der Waals surface area contributed by atoms with Gasteiger partial charge >= 0.3 is 11.8 Å². The Balaban J connectivity index is 1.91. The summed E-state index contributed by atoms with van der Waals surface area (Å²) in [5, 5.41) is 6.72. The van der Waals surface area contributed by atoms with Gasteiger partial charge in [0.05, 0.1) is 5.52 Å². The number of nitrogens with zero attached hydrogens (tertiary/aromatic N) is 1. The molecular weight excluding hydrogens is 360 g/mol.